The minimum atomic E-state index is 0.235. The predicted molar refractivity (Wildman–Crippen MR) is 185 cm³/mol. The molecule has 5 rings (SSSR count). The van der Waals surface area contributed by atoms with Crippen LogP contribution in [0.2, 0.25) is 0 Å². The number of likely N-dealkylation sites (N-methyl/N-ethyl adjacent to an activating group) is 2. The molecule has 0 aromatic heterocycles. The predicted octanol–water partition coefficient (Wildman–Crippen LogP) is 5.21. The Balaban J connectivity index is 1.30. The molecule has 3 aromatic carbocycles. The van der Waals surface area contributed by atoms with E-state index in [1.54, 1.807) is 0 Å². The van der Waals surface area contributed by atoms with Crippen LogP contribution >= 0.6 is 0 Å². The van der Waals surface area contributed by atoms with Gasteiger partial charge in [0.15, 0.2) is 5.78 Å². The Kier molecular flexibility index (Phi) is 11.3. The lowest BCUT2D eigenvalue weighted by Gasteiger charge is -2.47. The SMILES string of the molecule is Cc1ccc(CC(CN2CC(C)N(CC(=O)c3cccc4ccccc34)CC2CCCN2CCN(C)CC2)N(C)C)c(C)c1. The zero-order valence-electron chi connectivity index (χ0n) is 28.1. The van der Waals surface area contributed by atoms with Gasteiger partial charge < -0.3 is 14.7 Å². The van der Waals surface area contributed by atoms with E-state index in [0.717, 1.165) is 42.4 Å². The number of hydrogen-bond donors (Lipinski definition) is 0. The van der Waals surface area contributed by atoms with E-state index in [0.29, 0.717) is 24.7 Å². The molecule has 0 spiro atoms. The molecule has 6 heteroatoms. The van der Waals surface area contributed by atoms with Crippen molar-refractivity contribution in [2.45, 2.75) is 58.2 Å². The summed E-state index contributed by atoms with van der Waals surface area (Å²) in [5, 5.41) is 2.20. The first-order valence-corrected chi connectivity index (χ1v) is 16.8. The van der Waals surface area contributed by atoms with Crippen molar-refractivity contribution in [3.63, 3.8) is 0 Å². The Labute approximate surface area is 266 Å². The third-order valence-electron chi connectivity index (χ3n) is 10.3. The van der Waals surface area contributed by atoms with Gasteiger partial charge in [-0.2, -0.15) is 0 Å². The molecule has 44 heavy (non-hydrogen) atoms. The molecule has 0 N–H and O–H groups in total. The number of aryl methyl sites for hydroxylation is 2. The molecule has 0 bridgehead atoms. The van der Waals surface area contributed by atoms with Gasteiger partial charge in [-0.15, -0.1) is 0 Å². The lowest BCUT2D eigenvalue weighted by Crippen LogP contribution is -2.60. The molecule has 3 aromatic rings. The van der Waals surface area contributed by atoms with Crippen molar-refractivity contribution in [2.75, 3.05) is 80.0 Å². The van der Waals surface area contributed by atoms with Crippen LogP contribution in [0.15, 0.2) is 60.7 Å². The van der Waals surface area contributed by atoms with E-state index >= 15 is 0 Å². The molecule has 2 aliphatic rings. The first-order valence-electron chi connectivity index (χ1n) is 16.8. The van der Waals surface area contributed by atoms with Crippen LogP contribution < -0.4 is 0 Å². The van der Waals surface area contributed by atoms with Crippen molar-refractivity contribution in [1.29, 1.82) is 0 Å². The molecule has 0 saturated carbocycles. The maximum Gasteiger partial charge on any atom is 0.177 e. The van der Waals surface area contributed by atoms with Crippen molar-refractivity contribution in [3.8, 4) is 0 Å². The van der Waals surface area contributed by atoms with Gasteiger partial charge in [0.2, 0.25) is 0 Å². The Morgan fingerprint density at radius 3 is 2.43 bits per heavy atom. The highest BCUT2D eigenvalue weighted by Gasteiger charge is 2.34. The second-order valence-electron chi connectivity index (χ2n) is 13.9. The van der Waals surface area contributed by atoms with E-state index in [4.69, 9.17) is 0 Å². The highest BCUT2D eigenvalue weighted by Crippen LogP contribution is 2.24. The van der Waals surface area contributed by atoms with Crippen LogP contribution in [0.5, 0.6) is 0 Å². The number of carbonyl (C=O) groups excluding carboxylic acids is 1. The molecule has 0 radical (unpaired) electrons. The quantitative estimate of drug-likeness (QED) is 0.267. The Bertz CT molecular complexity index is 1380. The van der Waals surface area contributed by atoms with Crippen molar-refractivity contribution >= 4 is 16.6 Å². The molecule has 2 saturated heterocycles. The second-order valence-corrected chi connectivity index (χ2v) is 13.9. The lowest BCUT2D eigenvalue weighted by molar-refractivity contribution is 0.0165. The maximum atomic E-state index is 13.8. The van der Waals surface area contributed by atoms with Crippen LogP contribution in [-0.4, -0.2) is 128 Å². The fourth-order valence-electron chi connectivity index (χ4n) is 7.26. The third-order valence-corrected chi connectivity index (χ3v) is 10.3. The van der Waals surface area contributed by atoms with Crippen LogP contribution in [-0.2, 0) is 6.42 Å². The van der Waals surface area contributed by atoms with Crippen LogP contribution in [0.1, 0.15) is 46.8 Å². The largest absolute Gasteiger partial charge is 0.305 e. The van der Waals surface area contributed by atoms with E-state index in [1.807, 2.05) is 24.3 Å². The molecule has 3 atom stereocenters. The minimum Gasteiger partial charge on any atom is -0.305 e. The average molecular weight is 598 g/mol. The van der Waals surface area contributed by atoms with E-state index in [1.165, 1.54) is 62.3 Å². The van der Waals surface area contributed by atoms with Crippen molar-refractivity contribution in [2.24, 2.45) is 0 Å². The van der Waals surface area contributed by atoms with Gasteiger partial charge in [0.25, 0.3) is 0 Å². The van der Waals surface area contributed by atoms with Gasteiger partial charge in [-0.3, -0.25) is 14.6 Å². The highest BCUT2D eigenvalue weighted by atomic mass is 16.1. The normalized spacial score (nSPS) is 21.7. The Morgan fingerprint density at radius 2 is 1.68 bits per heavy atom. The molecule has 238 valence electrons. The van der Waals surface area contributed by atoms with Crippen molar-refractivity contribution in [1.82, 2.24) is 24.5 Å². The first-order chi connectivity index (χ1) is 21.2. The molecular formula is C38H55N5O. The fraction of sp³-hybridized carbons (Fsp3) is 0.553. The van der Waals surface area contributed by atoms with Crippen molar-refractivity contribution < 1.29 is 4.79 Å². The van der Waals surface area contributed by atoms with E-state index in [-0.39, 0.29) is 5.78 Å². The monoisotopic (exact) mass is 597 g/mol. The molecule has 0 amide bonds. The molecule has 2 fully saturated rings. The highest BCUT2D eigenvalue weighted by molar-refractivity contribution is 6.09. The van der Waals surface area contributed by atoms with Gasteiger partial charge in [-0.05, 0) is 89.6 Å². The smallest absolute Gasteiger partial charge is 0.177 e. The van der Waals surface area contributed by atoms with Crippen molar-refractivity contribution in [3.05, 3.63) is 82.9 Å². The van der Waals surface area contributed by atoms with E-state index < -0.39 is 0 Å². The second kappa shape index (κ2) is 15.1. The summed E-state index contributed by atoms with van der Waals surface area (Å²) in [6, 6.07) is 22.5. The molecule has 0 aliphatic carbocycles. The molecule has 6 nitrogen and oxygen atoms in total. The Morgan fingerprint density at radius 1 is 0.932 bits per heavy atom. The van der Waals surface area contributed by atoms with Gasteiger partial charge in [0.1, 0.15) is 0 Å². The van der Waals surface area contributed by atoms with Crippen LogP contribution in [0.25, 0.3) is 10.8 Å². The Hall–Kier alpha value is -2.61. The summed E-state index contributed by atoms with van der Waals surface area (Å²) in [6.45, 7) is 16.1. The number of piperazine rings is 2. The van der Waals surface area contributed by atoms with Gasteiger partial charge >= 0.3 is 0 Å². The van der Waals surface area contributed by atoms with Gasteiger partial charge in [0.05, 0.1) is 6.54 Å². The van der Waals surface area contributed by atoms with Gasteiger partial charge in [0, 0.05) is 69.5 Å². The van der Waals surface area contributed by atoms with Crippen LogP contribution in [0.4, 0.5) is 0 Å². The number of rotatable bonds is 12. The summed E-state index contributed by atoms with van der Waals surface area (Å²) in [4.78, 5) is 26.5. The summed E-state index contributed by atoms with van der Waals surface area (Å²) < 4.78 is 0. The molecular weight excluding hydrogens is 542 g/mol. The number of benzene rings is 3. The summed E-state index contributed by atoms with van der Waals surface area (Å²) >= 11 is 0. The molecule has 2 heterocycles. The molecule has 3 unspecified atom stereocenters. The van der Waals surface area contributed by atoms with Gasteiger partial charge in [-0.25, -0.2) is 0 Å². The summed E-state index contributed by atoms with van der Waals surface area (Å²) in [5.74, 6) is 0.235. The fourth-order valence-corrected chi connectivity index (χ4v) is 7.26. The summed E-state index contributed by atoms with van der Waals surface area (Å²) in [6.07, 6.45) is 3.43. The minimum absolute atomic E-state index is 0.235. The van der Waals surface area contributed by atoms with Gasteiger partial charge in [-0.1, -0.05) is 66.2 Å². The number of hydrogen-bond acceptors (Lipinski definition) is 6. The number of Topliss-reactive ketones (excluding diaryl/α,β-unsaturated/α-hetero) is 1. The number of fused-ring (bicyclic) bond motifs is 1. The van der Waals surface area contributed by atoms with E-state index in [9.17, 15) is 4.79 Å². The lowest BCUT2D eigenvalue weighted by atomic mass is 9.96. The number of nitrogens with zero attached hydrogens (tertiary/aromatic N) is 5. The zero-order valence-corrected chi connectivity index (χ0v) is 28.1. The van der Waals surface area contributed by atoms with Crippen LogP contribution in [0.3, 0.4) is 0 Å². The van der Waals surface area contributed by atoms with Crippen LogP contribution in [0, 0.1) is 13.8 Å². The average Bonchev–Trinajstić information content (AvgIpc) is 3.00. The maximum absolute atomic E-state index is 13.8. The standard InChI is InChI=1S/C38H55N5O/c1-29-16-17-33(30(2)23-29)24-35(39(4)5)27-43-25-31(3)42(26-34(43)13-10-18-41-21-19-40(6)20-22-41)28-38(44)37-15-9-12-32-11-7-8-14-36(32)37/h7-9,11-12,14-17,23,31,34-35H,10,13,18-22,24-28H2,1-6H3. The summed E-state index contributed by atoms with van der Waals surface area (Å²) in [7, 11) is 6.70. The number of carbonyl (C=O) groups is 1. The molecule has 2 aliphatic heterocycles. The zero-order chi connectivity index (χ0) is 31.2. The number of ketones is 1. The topological polar surface area (TPSA) is 33.3 Å². The third kappa shape index (κ3) is 8.35. The van der Waals surface area contributed by atoms with E-state index in [2.05, 4.69) is 103 Å². The first kappa shape index (κ1) is 32.8. The summed E-state index contributed by atoms with van der Waals surface area (Å²) in [5.41, 5.74) is 5.03.